The molecule has 208 valence electrons. The van der Waals surface area contributed by atoms with Gasteiger partial charge < -0.3 is 10.4 Å². The van der Waals surface area contributed by atoms with Crippen molar-refractivity contribution in [1.29, 1.82) is 0 Å². The molecular weight excluding hydrogens is 528 g/mol. The third kappa shape index (κ3) is 5.81. The van der Waals surface area contributed by atoms with Crippen molar-refractivity contribution in [3.05, 3.63) is 69.0 Å². The molecule has 0 saturated carbocycles. The van der Waals surface area contributed by atoms with Gasteiger partial charge in [-0.1, -0.05) is 30.7 Å². The minimum Gasteiger partial charge on any atom is -0.481 e. The number of aliphatic carboxylic acids is 1. The van der Waals surface area contributed by atoms with E-state index in [4.69, 9.17) is 11.6 Å². The van der Waals surface area contributed by atoms with Gasteiger partial charge in [0.1, 0.15) is 11.6 Å². The number of carboxylic acids is 1. The highest BCUT2D eigenvalue weighted by molar-refractivity contribution is 6.30. The van der Waals surface area contributed by atoms with Gasteiger partial charge in [0.15, 0.2) is 17.4 Å². The van der Waals surface area contributed by atoms with Crippen molar-refractivity contribution in [2.24, 2.45) is 5.41 Å². The summed E-state index contributed by atoms with van der Waals surface area (Å²) in [4.78, 5) is 31.9. The van der Waals surface area contributed by atoms with E-state index in [1.807, 2.05) is 18.7 Å². The second-order valence-corrected chi connectivity index (χ2v) is 10.7. The summed E-state index contributed by atoms with van der Waals surface area (Å²) < 4.78 is 30.3. The van der Waals surface area contributed by atoms with Gasteiger partial charge in [0.05, 0.1) is 21.7 Å². The van der Waals surface area contributed by atoms with E-state index in [-0.39, 0.29) is 60.4 Å². The summed E-state index contributed by atoms with van der Waals surface area (Å²) in [7, 11) is 0. The summed E-state index contributed by atoms with van der Waals surface area (Å²) in [5.74, 6) is -2.06. The Balaban J connectivity index is 1.66. The molecule has 11 heteroatoms. The second kappa shape index (κ2) is 11.4. The first kappa shape index (κ1) is 28.6. The number of likely N-dealkylation sites (tertiary alicyclic amines) is 1. The number of anilines is 2. The van der Waals surface area contributed by atoms with Gasteiger partial charge in [-0.05, 0) is 46.2 Å². The van der Waals surface area contributed by atoms with Gasteiger partial charge >= 0.3 is 5.97 Å². The highest BCUT2D eigenvalue weighted by Gasteiger charge is 2.45. The number of aryl methyl sites for hydroxylation is 1. The number of carbonyl (C=O) groups is 2. The highest BCUT2D eigenvalue weighted by atomic mass is 35.5. The van der Waals surface area contributed by atoms with Crippen LogP contribution in [-0.2, 0) is 17.8 Å². The summed E-state index contributed by atoms with van der Waals surface area (Å²) in [5.41, 5.74) is 0.0511. The van der Waals surface area contributed by atoms with E-state index < -0.39 is 28.8 Å². The number of nitrogens with one attached hydrogen (secondary N) is 2. The predicted molar refractivity (Wildman–Crippen MR) is 144 cm³/mol. The first-order chi connectivity index (χ1) is 18.5. The van der Waals surface area contributed by atoms with Crippen molar-refractivity contribution in [3.8, 4) is 0 Å². The molecule has 2 atom stereocenters. The van der Waals surface area contributed by atoms with Crippen molar-refractivity contribution >= 4 is 35.0 Å². The van der Waals surface area contributed by atoms with Crippen LogP contribution in [0.5, 0.6) is 0 Å². The van der Waals surface area contributed by atoms with Crippen LogP contribution in [0.1, 0.15) is 66.0 Å². The SMILES string of the molecule is CCC(=O)c1c(C)c(Nc2cc(C)[nH]n2)nc(C[C@@]2(C(=O)O)CCN(Cc3cccc(Cl)c3F)[C@H](C)C2)c1F. The molecule has 0 amide bonds. The summed E-state index contributed by atoms with van der Waals surface area (Å²) in [5, 5.41) is 20.4. The molecule has 1 aromatic carbocycles. The lowest BCUT2D eigenvalue weighted by Gasteiger charge is -2.43. The Kier molecular flexibility index (Phi) is 8.37. The number of ketones is 1. The Morgan fingerprint density at radius 3 is 2.64 bits per heavy atom. The molecule has 3 N–H and O–H groups in total. The fourth-order valence-electron chi connectivity index (χ4n) is 5.30. The van der Waals surface area contributed by atoms with Crippen molar-refractivity contribution < 1.29 is 23.5 Å². The Hall–Kier alpha value is -3.37. The second-order valence-electron chi connectivity index (χ2n) is 10.3. The van der Waals surface area contributed by atoms with Crippen molar-refractivity contribution in [3.63, 3.8) is 0 Å². The number of H-pyrrole nitrogens is 1. The van der Waals surface area contributed by atoms with E-state index in [0.717, 1.165) is 5.69 Å². The fraction of sp³-hybridized carbons (Fsp3) is 0.429. The summed E-state index contributed by atoms with van der Waals surface area (Å²) >= 11 is 5.93. The Morgan fingerprint density at radius 2 is 2.03 bits per heavy atom. The third-order valence-corrected chi connectivity index (χ3v) is 7.85. The van der Waals surface area contributed by atoms with Crippen molar-refractivity contribution in [2.45, 2.75) is 66.0 Å². The zero-order valence-corrected chi connectivity index (χ0v) is 23.1. The largest absolute Gasteiger partial charge is 0.481 e. The number of rotatable bonds is 9. The first-order valence-electron chi connectivity index (χ1n) is 12.9. The van der Waals surface area contributed by atoms with Crippen LogP contribution in [-0.4, -0.2) is 49.5 Å². The average Bonchev–Trinajstić information content (AvgIpc) is 3.30. The molecule has 1 fully saturated rings. The number of pyridine rings is 1. The normalized spacial score (nSPS) is 19.7. The maximum Gasteiger partial charge on any atom is 0.310 e. The monoisotopic (exact) mass is 559 g/mol. The zero-order chi connectivity index (χ0) is 28.5. The molecule has 0 bridgehead atoms. The first-order valence-corrected chi connectivity index (χ1v) is 13.2. The number of benzene rings is 1. The molecule has 39 heavy (non-hydrogen) atoms. The maximum absolute atomic E-state index is 15.8. The third-order valence-electron chi connectivity index (χ3n) is 7.55. The number of piperidine rings is 1. The van der Waals surface area contributed by atoms with Gasteiger partial charge in [-0.15, -0.1) is 0 Å². The lowest BCUT2D eigenvalue weighted by atomic mass is 9.72. The number of aromatic amines is 1. The van der Waals surface area contributed by atoms with Gasteiger partial charge in [-0.2, -0.15) is 5.10 Å². The van der Waals surface area contributed by atoms with Crippen molar-refractivity contribution in [1.82, 2.24) is 20.1 Å². The molecule has 4 rings (SSSR count). The zero-order valence-electron chi connectivity index (χ0n) is 22.4. The fourth-order valence-corrected chi connectivity index (χ4v) is 5.49. The van der Waals surface area contributed by atoms with Gasteiger partial charge in [0.25, 0.3) is 0 Å². The van der Waals surface area contributed by atoms with Crippen LogP contribution in [0.25, 0.3) is 0 Å². The predicted octanol–water partition coefficient (Wildman–Crippen LogP) is 5.99. The van der Waals surface area contributed by atoms with E-state index in [1.165, 1.54) is 6.07 Å². The number of hydrogen-bond acceptors (Lipinski definition) is 6. The van der Waals surface area contributed by atoms with Crippen LogP contribution < -0.4 is 5.32 Å². The lowest BCUT2D eigenvalue weighted by molar-refractivity contribution is -0.153. The van der Waals surface area contributed by atoms with Crippen LogP contribution in [0.3, 0.4) is 0 Å². The molecule has 1 saturated heterocycles. The maximum atomic E-state index is 15.8. The molecule has 0 aliphatic carbocycles. The molecule has 0 spiro atoms. The number of halogens is 3. The van der Waals surface area contributed by atoms with E-state index in [2.05, 4.69) is 20.5 Å². The molecular formula is C28H32ClF2N5O3. The quantitative estimate of drug-likeness (QED) is 0.276. The van der Waals surface area contributed by atoms with Gasteiger partial charge in [0.2, 0.25) is 0 Å². The van der Waals surface area contributed by atoms with E-state index >= 15 is 4.39 Å². The standard InChI is InChI=1S/C28H32ClF2N5O3/c1-5-21(37)23-17(4)26(33-22-11-15(2)34-35-22)32-20(25(23)31)13-28(27(38)39)9-10-36(16(3)12-28)14-18-7-6-8-19(29)24(18)30/h6-8,11,16H,5,9-10,12-14H2,1-4H3,(H,38,39)(H2,32,33,34,35)/t16-,28-/m1/s1. The molecule has 8 nitrogen and oxygen atoms in total. The van der Waals surface area contributed by atoms with E-state index in [1.54, 1.807) is 32.0 Å². The van der Waals surface area contributed by atoms with E-state index in [9.17, 15) is 19.1 Å². The molecule has 2 aromatic heterocycles. The molecule has 1 aliphatic heterocycles. The Bertz CT molecular complexity index is 1410. The number of Topliss-reactive ketones (excluding diaryl/α,β-unsaturated/α-hetero) is 1. The van der Waals surface area contributed by atoms with E-state index in [0.29, 0.717) is 23.5 Å². The number of carbonyl (C=O) groups excluding carboxylic acids is 1. The van der Waals surface area contributed by atoms with Crippen LogP contribution in [0.15, 0.2) is 24.3 Å². The van der Waals surface area contributed by atoms with Gasteiger partial charge in [-0.3, -0.25) is 19.6 Å². The highest BCUT2D eigenvalue weighted by Crippen LogP contribution is 2.40. The number of hydrogen-bond donors (Lipinski definition) is 3. The minimum absolute atomic E-state index is 0.0322. The number of nitrogens with zero attached hydrogens (tertiary/aromatic N) is 3. The topological polar surface area (TPSA) is 111 Å². The molecule has 3 aromatic rings. The Morgan fingerprint density at radius 1 is 1.28 bits per heavy atom. The molecule has 3 heterocycles. The average molecular weight is 560 g/mol. The van der Waals surface area contributed by atoms with Gasteiger partial charge in [-0.25, -0.2) is 13.8 Å². The number of carboxylic acid groups (broad SMARTS) is 1. The molecule has 0 unspecified atom stereocenters. The van der Waals surface area contributed by atoms with Crippen LogP contribution in [0.2, 0.25) is 5.02 Å². The van der Waals surface area contributed by atoms with Gasteiger partial charge in [0, 0.05) is 48.3 Å². The molecule has 0 radical (unpaired) electrons. The smallest absolute Gasteiger partial charge is 0.310 e. The molecule has 1 aliphatic rings. The van der Waals surface area contributed by atoms with Crippen LogP contribution in [0, 0.1) is 30.9 Å². The minimum atomic E-state index is -1.32. The van der Waals surface area contributed by atoms with Crippen molar-refractivity contribution in [2.75, 3.05) is 11.9 Å². The lowest BCUT2D eigenvalue weighted by Crippen LogP contribution is -2.50. The number of aromatic nitrogens is 3. The van der Waals surface area contributed by atoms with Crippen LogP contribution >= 0.6 is 11.6 Å². The Labute approximate surface area is 230 Å². The van der Waals surface area contributed by atoms with Crippen LogP contribution in [0.4, 0.5) is 20.4 Å². The summed E-state index contributed by atoms with van der Waals surface area (Å²) in [6, 6.07) is 6.30. The summed E-state index contributed by atoms with van der Waals surface area (Å²) in [6.45, 7) is 7.57. The summed E-state index contributed by atoms with van der Waals surface area (Å²) in [6.07, 6.45) is 0.273.